The molecule has 1 heterocycles. The van der Waals surface area contributed by atoms with Crippen molar-refractivity contribution in [2.45, 2.75) is 39.8 Å². The highest BCUT2D eigenvalue weighted by Gasteiger charge is 2.18. The van der Waals surface area contributed by atoms with E-state index < -0.39 is 0 Å². The predicted molar refractivity (Wildman–Crippen MR) is 86.7 cm³/mol. The standard InChI is InChI=1S/C17H25N3O/c1-11(15-7-9-16(10-8-15)20(5)6)18-12(2)17-13(3)19-21-14(17)4/h7-12,18H,1-6H3. The van der Waals surface area contributed by atoms with Gasteiger partial charge in [-0.15, -0.1) is 0 Å². The maximum Gasteiger partial charge on any atom is 0.138 e. The lowest BCUT2D eigenvalue weighted by molar-refractivity contribution is 0.389. The summed E-state index contributed by atoms with van der Waals surface area (Å²) in [6.45, 7) is 8.28. The van der Waals surface area contributed by atoms with Crippen LogP contribution in [-0.2, 0) is 0 Å². The van der Waals surface area contributed by atoms with Gasteiger partial charge in [0.05, 0.1) is 5.69 Å². The van der Waals surface area contributed by atoms with E-state index in [2.05, 4.69) is 67.6 Å². The fraction of sp³-hybridized carbons (Fsp3) is 0.471. The third-order valence-corrected chi connectivity index (χ3v) is 3.93. The first-order chi connectivity index (χ1) is 9.90. The van der Waals surface area contributed by atoms with Gasteiger partial charge >= 0.3 is 0 Å². The van der Waals surface area contributed by atoms with Crippen molar-refractivity contribution in [1.82, 2.24) is 10.5 Å². The molecule has 0 aliphatic carbocycles. The van der Waals surface area contributed by atoms with Gasteiger partial charge in [-0.05, 0) is 45.4 Å². The molecule has 4 nitrogen and oxygen atoms in total. The van der Waals surface area contributed by atoms with Crippen LogP contribution in [0.1, 0.15) is 48.5 Å². The second-order valence-corrected chi connectivity index (χ2v) is 5.83. The minimum atomic E-state index is 0.208. The van der Waals surface area contributed by atoms with Gasteiger partial charge in [0.2, 0.25) is 0 Å². The first-order valence-electron chi connectivity index (χ1n) is 7.36. The third kappa shape index (κ3) is 3.45. The number of hydrogen-bond acceptors (Lipinski definition) is 4. The van der Waals surface area contributed by atoms with E-state index in [1.807, 2.05) is 13.8 Å². The molecule has 1 aromatic heterocycles. The molecule has 21 heavy (non-hydrogen) atoms. The second-order valence-electron chi connectivity index (χ2n) is 5.83. The Labute approximate surface area is 127 Å². The summed E-state index contributed by atoms with van der Waals surface area (Å²) in [5, 5.41) is 7.64. The minimum absolute atomic E-state index is 0.208. The molecule has 0 saturated heterocycles. The molecule has 0 spiro atoms. The summed E-state index contributed by atoms with van der Waals surface area (Å²) in [5.74, 6) is 0.891. The van der Waals surface area contributed by atoms with Crippen LogP contribution in [0.5, 0.6) is 0 Å². The largest absolute Gasteiger partial charge is 0.378 e. The molecule has 0 saturated carbocycles. The molecule has 2 atom stereocenters. The number of aryl methyl sites for hydroxylation is 2. The molecule has 1 N–H and O–H groups in total. The van der Waals surface area contributed by atoms with Crippen molar-refractivity contribution in [3.8, 4) is 0 Å². The number of rotatable bonds is 5. The van der Waals surface area contributed by atoms with E-state index in [4.69, 9.17) is 4.52 Å². The summed E-state index contributed by atoms with van der Waals surface area (Å²) in [4.78, 5) is 2.11. The zero-order valence-electron chi connectivity index (χ0n) is 13.8. The predicted octanol–water partition coefficient (Wildman–Crippen LogP) is 3.77. The van der Waals surface area contributed by atoms with E-state index in [0.29, 0.717) is 0 Å². The minimum Gasteiger partial charge on any atom is -0.378 e. The molecule has 2 aromatic rings. The number of hydrogen-bond donors (Lipinski definition) is 1. The molecule has 0 aliphatic rings. The van der Waals surface area contributed by atoms with Gasteiger partial charge in [-0.25, -0.2) is 0 Å². The molecule has 0 bridgehead atoms. The summed E-state index contributed by atoms with van der Waals surface area (Å²) in [6.07, 6.45) is 0. The second kappa shape index (κ2) is 6.31. The Morgan fingerprint density at radius 1 is 1.05 bits per heavy atom. The quantitative estimate of drug-likeness (QED) is 0.909. The van der Waals surface area contributed by atoms with E-state index in [1.165, 1.54) is 11.3 Å². The van der Waals surface area contributed by atoms with Crippen LogP contribution in [0.3, 0.4) is 0 Å². The average molecular weight is 287 g/mol. The van der Waals surface area contributed by atoms with Crippen molar-refractivity contribution < 1.29 is 4.52 Å². The van der Waals surface area contributed by atoms with Gasteiger partial charge in [-0.2, -0.15) is 0 Å². The van der Waals surface area contributed by atoms with Gasteiger partial charge in [0.15, 0.2) is 0 Å². The van der Waals surface area contributed by atoms with Crippen molar-refractivity contribution in [3.63, 3.8) is 0 Å². The van der Waals surface area contributed by atoms with Crippen LogP contribution in [0.25, 0.3) is 0 Å². The topological polar surface area (TPSA) is 41.3 Å². The fourth-order valence-electron chi connectivity index (χ4n) is 2.72. The highest BCUT2D eigenvalue weighted by molar-refractivity contribution is 5.46. The zero-order chi connectivity index (χ0) is 15.6. The van der Waals surface area contributed by atoms with Crippen molar-refractivity contribution in [2.75, 3.05) is 19.0 Å². The number of anilines is 1. The summed E-state index contributed by atoms with van der Waals surface area (Å²) in [5.41, 5.74) is 4.61. The number of benzene rings is 1. The molecule has 1 aromatic carbocycles. The van der Waals surface area contributed by atoms with Crippen molar-refractivity contribution in [1.29, 1.82) is 0 Å². The first-order valence-corrected chi connectivity index (χ1v) is 7.36. The molecule has 2 rings (SSSR count). The molecule has 0 amide bonds. The van der Waals surface area contributed by atoms with E-state index in [1.54, 1.807) is 0 Å². The summed E-state index contributed by atoms with van der Waals surface area (Å²) < 4.78 is 5.25. The normalized spacial score (nSPS) is 14.0. The molecule has 2 unspecified atom stereocenters. The van der Waals surface area contributed by atoms with Crippen LogP contribution in [0.4, 0.5) is 5.69 Å². The Morgan fingerprint density at radius 3 is 2.14 bits per heavy atom. The molecular weight excluding hydrogens is 262 g/mol. The van der Waals surface area contributed by atoms with E-state index in [-0.39, 0.29) is 12.1 Å². The van der Waals surface area contributed by atoms with Crippen molar-refractivity contribution in [2.24, 2.45) is 0 Å². The van der Waals surface area contributed by atoms with Gasteiger partial charge in [0, 0.05) is 37.4 Å². The molecule has 0 aliphatic heterocycles. The summed E-state index contributed by atoms with van der Waals surface area (Å²) >= 11 is 0. The molecule has 0 fully saturated rings. The Hall–Kier alpha value is -1.81. The van der Waals surface area contributed by atoms with Gasteiger partial charge < -0.3 is 14.7 Å². The maximum atomic E-state index is 5.25. The highest BCUT2D eigenvalue weighted by Crippen LogP contribution is 2.25. The summed E-state index contributed by atoms with van der Waals surface area (Å²) in [6, 6.07) is 9.12. The smallest absolute Gasteiger partial charge is 0.138 e. The average Bonchev–Trinajstić information content (AvgIpc) is 2.78. The number of nitrogens with one attached hydrogen (secondary N) is 1. The fourth-order valence-corrected chi connectivity index (χ4v) is 2.72. The van der Waals surface area contributed by atoms with Gasteiger partial charge in [0.25, 0.3) is 0 Å². The van der Waals surface area contributed by atoms with Crippen LogP contribution in [-0.4, -0.2) is 19.3 Å². The first kappa shape index (κ1) is 15.6. The SMILES string of the molecule is Cc1noc(C)c1C(C)NC(C)c1ccc(N(C)C)cc1. The van der Waals surface area contributed by atoms with E-state index in [0.717, 1.165) is 17.0 Å². The lowest BCUT2D eigenvalue weighted by Crippen LogP contribution is -2.23. The molecular formula is C17H25N3O. The third-order valence-electron chi connectivity index (χ3n) is 3.93. The van der Waals surface area contributed by atoms with Crippen LogP contribution >= 0.6 is 0 Å². The van der Waals surface area contributed by atoms with E-state index >= 15 is 0 Å². The van der Waals surface area contributed by atoms with Crippen molar-refractivity contribution in [3.05, 3.63) is 46.8 Å². The highest BCUT2D eigenvalue weighted by atomic mass is 16.5. The van der Waals surface area contributed by atoms with Crippen molar-refractivity contribution >= 4 is 5.69 Å². The lowest BCUT2D eigenvalue weighted by atomic mass is 10.0. The molecule has 4 heteroatoms. The Bertz CT molecular complexity index is 567. The number of nitrogens with zero attached hydrogens (tertiary/aromatic N) is 2. The van der Waals surface area contributed by atoms with Crippen LogP contribution in [0.2, 0.25) is 0 Å². The van der Waals surface area contributed by atoms with Crippen LogP contribution in [0, 0.1) is 13.8 Å². The van der Waals surface area contributed by atoms with Crippen LogP contribution < -0.4 is 10.2 Å². The van der Waals surface area contributed by atoms with Gasteiger partial charge in [0.1, 0.15) is 5.76 Å². The Kier molecular flexibility index (Phi) is 4.68. The zero-order valence-corrected chi connectivity index (χ0v) is 13.8. The Balaban J connectivity index is 2.09. The van der Waals surface area contributed by atoms with Gasteiger partial charge in [-0.1, -0.05) is 17.3 Å². The lowest BCUT2D eigenvalue weighted by Gasteiger charge is -2.21. The number of aromatic nitrogens is 1. The Morgan fingerprint density at radius 2 is 1.67 bits per heavy atom. The monoisotopic (exact) mass is 287 g/mol. The summed E-state index contributed by atoms with van der Waals surface area (Å²) in [7, 11) is 4.10. The van der Waals surface area contributed by atoms with Crippen LogP contribution in [0.15, 0.2) is 28.8 Å². The maximum absolute atomic E-state index is 5.25. The molecule has 0 radical (unpaired) electrons. The van der Waals surface area contributed by atoms with E-state index in [9.17, 15) is 0 Å². The van der Waals surface area contributed by atoms with Gasteiger partial charge in [-0.3, -0.25) is 0 Å². The molecule has 114 valence electrons.